The normalized spacial score (nSPS) is 12.9. The maximum Gasteiger partial charge on any atom is 0.241 e. The molecule has 0 aliphatic heterocycles. The summed E-state index contributed by atoms with van der Waals surface area (Å²) < 4.78 is 2.52. The van der Waals surface area contributed by atoms with Gasteiger partial charge in [0.05, 0.1) is 0 Å². The molecule has 0 bridgehead atoms. The summed E-state index contributed by atoms with van der Waals surface area (Å²) in [5.41, 5.74) is 1.51. The number of imidazole rings is 1. The summed E-state index contributed by atoms with van der Waals surface area (Å²) in [5, 5.41) is 0. The Labute approximate surface area is 301 Å². The Kier molecular flexibility index (Phi) is 29.0. The average Bonchev–Trinajstić information content (AvgIpc) is 3.65. The van der Waals surface area contributed by atoms with Crippen LogP contribution in [0.15, 0.2) is 49.1 Å². The first-order valence-corrected chi connectivity index (χ1v) is 21.9. The van der Waals surface area contributed by atoms with Crippen LogP contribution in [0.2, 0.25) is 0 Å². The molecule has 2 aromatic rings. The Morgan fingerprint density at radius 3 is 1.21 bits per heavy atom. The first kappa shape index (κ1) is 42.6. The van der Waals surface area contributed by atoms with E-state index in [4.69, 9.17) is 0 Å². The number of nitrogens with zero attached hydrogens (tertiary/aromatic N) is 1. The maximum absolute atomic E-state index is 3.37. The predicted octanol–water partition coefficient (Wildman–Crippen LogP) is 15.2. The number of rotatable bonds is 36. The zero-order valence-electron chi connectivity index (χ0n) is 32.6. The van der Waals surface area contributed by atoms with Gasteiger partial charge < -0.3 is 0 Å². The maximum atomic E-state index is 3.37. The van der Waals surface area contributed by atoms with Crippen molar-refractivity contribution >= 4 is 0 Å². The second kappa shape index (κ2) is 32.6. The molecule has 2 atom stereocenters. The molecule has 0 spiro atoms. The third kappa shape index (κ3) is 23.7. The van der Waals surface area contributed by atoms with Crippen molar-refractivity contribution in [2.24, 2.45) is 5.92 Å². The summed E-state index contributed by atoms with van der Waals surface area (Å²) in [6.07, 6.45) is 53.7. The number of hydrogen-bond donors (Lipinski definition) is 1. The lowest BCUT2D eigenvalue weighted by Gasteiger charge is -2.25. The highest BCUT2D eigenvalue weighted by atomic mass is 15.1. The minimum atomic E-state index is 0.602. The molecule has 1 aromatic heterocycles. The Hall–Kier alpha value is -1.57. The molecular formula is C46H83N2+. The third-order valence-corrected chi connectivity index (χ3v) is 11.1. The number of aromatic nitrogens is 2. The van der Waals surface area contributed by atoms with Gasteiger partial charge in [0.2, 0.25) is 6.33 Å². The van der Waals surface area contributed by atoms with Crippen molar-refractivity contribution < 1.29 is 4.57 Å². The van der Waals surface area contributed by atoms with Crippen LogP contribution in [0.5, 0.6) is 0 Å². The molecule has 0 radical (unpaired) electrons. The van der Waals surface area contributed by atoms with Gasteiger partial charge in [-0.15, -0.1) is 0 Å². The lowest BCUT2D eigenvalue weighted by molar-refractivity contribution is -0.730. The fourth-order valence-electron chi connectivity index (χ4n) is 7.99. The zero-order chi connectivity index (χ0) is 34.0. The van der Waals surface area contributed by atoms with Gasteiger partial charge in [-0.1, -0.05) is 230 Å². The second-order valence-electron chi connectivity index (χ2n) is 15.6. The molecule has 0 fully saturated rings. The number of H-pyrrole nitrogens is 1. The predicted molar refractivity (Wildman–Crippen MR) is 213 cm³/mol. The first-order valence-electron chi connectivity index (χ1n) is 21.9. The molecule has 2 unspecified atom stereocenters. The van der Waals surface area contributed by atoms with Gasteiger partial charge in [-0.25, -0.2) is 4.57 Å². The molecule has 0 aliphatic carbocycles. The Balaban J connectivity index is 1.62. The van der Waals surface area contributed by atoms with Gasteiger partial charge in [0.25, 0.3) is 0 Å². The van der Waals surface area contributed by atoms with Crippen LogP contribution in [0, 0.1) is 5.92 Å². The minimum Gasteiger partial charge on any atom is -0.250 e. The van der Waals surface area contributed by atoms with E-state index in [9.17, 15) is 0 Å². The van der Waals surface area contributed by atoms with E-state index < -0.39 is 0 Å². The third-order valence-electron chi connectivity index (χ3n) is 11.1. The van der Waals surface area contributed by atoms with Crippen LogP contribution in [0.4, 0.5) is 0 Å². The lowest BCUT2D eigenvalue weighted by atomic mass is 9.84. The Morgan fingerprint density at radius 1 is 0.458 bits per heavy atom. The van der Waals surface area contributed by atoms with Gasteiger partial charge in [0.15, 0.2) is 0 Å². The van der Waals surface area contributed by atoms with E-state index in [0.29, 0.717) is 12.0 Å². The van der Waals surface area contributed by atoms with Crippen LogP contribution in [-0.4, -0.2) is 4.98 Å². The summed E-state index contributed by atoms with van der Waals surface area (Å²) in [5.74, 6) is 0.710. The van der Waals surface area contributed by atoms with Crippen molar-refractivity contribution in [2.45, 2.75) is 232 Å². The largest absolute Gasteiger partial charge is 0.250 e. The van der Waals surface area contributed by atoms with Crippen LogP contribution in [0.25, 0.3) is 0 Å². The second-order valence-corrected chi connectivity index (χ2v) is 15.6. The molecule has 0 aliphatic rings. The molecule has 2 nitrogen and oxygen atoms in total. The number of hydrogen-bond acceptors (Lipinski definition) is 0. The summed E-state index contributed by atoms with van der Waals surface area (Å²) in [6, 6.07) is 11.9. The monoisotopic (exact) mass is 664 g/mol. The van der Waals surface area contributed by atoms with Crippen LogP contribution in [-0.2, 0) is 6.42 Å². The molecule has 1 aromatic carbocycles. The van der Waals surface area contributed by atoms with Gasteiger partial charge in [-0.3, -0.25) is 4.98 Å². The van der Waals surface area contributed by atoms with E-state index in [-0.39, 0.29) is 0 Å². The number of benzene rings is 1. The topological polar surface area (TPSA) is 19.7 Å². The molecule has 1 heterocycles. The summed E-state index contributed by atoms with van der Waals surface area (Å²) >= 11 is 0. The molecule has 0 amide bonds. The van der Waals surface area contributed by atoms with Crippen LogP contribution in [0.3, 0.4) is 0 Å². The fraction of sp³-hybridized carbons (Fsp3) is 0.804. The van der Waals surface area contributed by atoms with E-state index >= 15 is 0 Å². The average molecular weight is 664 g/mol. The number of aromatic amines is 1. The van der Waals surface area contributed by atoms with Crippen molar-refractivity contribution in [3.8, 4) is 0 Å². The Bertz CT molecular complexity index is 875. The van der Waals surface area contributed by atoms with Crippen molar-refractivity contribution in [3.63, 3.8) is 0 Å². The van der Waals surface area contributed by atoms with E-state index in [0.717, 1.165) is 0 Å². The van der Waals surface area contributed by atoms with Gasteiger partial charge in [0.1, 0.15) is 18.4 Å². The highest BCUT2D eigenvalue weighted by Crippen LogP contribution is 2.29. The van der Waals surface area contributed by atoms with Gasteiger partial charge in [-0.05, 0) is 31.2 Å². The van der Waals surface area contributed by atoms with E-state index in [1.54, 1.807) is 0 Å². The summed E-state index contributed by atoms with van der Waals surface area (Å²) in [6.45, 7) is 4.62. The molecule has 1 N–H and O–H groups in total. The molecule has 2 heteroatoms. The Morgan fingerprint density at radius 2 is 0.833 bits per heavy atom. The van der Waals surface area contributed by atoms with Crippen LogP contribution >= 0.6 is 0 Å². The van der Waals surface area contributed by atoms with E-state index in [2.05, 4.69) is 72.5 Å². The van der Waals surface area contributed by atoms with Crippen LogP contribution < -0.4 is 4.57 Å². The van der Waals surface area contributed by atoms with Crippen molar-refractivity contribution in [1.82, 2.24) is 4.98 Å². The van der Waals surface area contributed by atoms with Crippen molar-refractivity contribution in [3.05, 3.63) is 54.6 Å². The highest BCUT2D eigenvalue weighted by Gasteiger charge is 2.26. The molecule has 48 heavy (non-hydrogen) atoms. The zero-order valence-corrected chi connectivity index (χ0v) is 32.6. The van der Waals surface area contributed by atoms with E-state index in [1.165, 1.54) is 217 Å². The number of unbranched alkanes of at least 4 members (excludes halogenated alkanes) is 28. The molecular weight excluding hydrogens is 581 g/mol. The molecule has 276 valence electrons. The summed E-state index contributed by atoms with van der Waals surface area (Å²) in [4.78, 5) is 3.37. The SMILES string of the molecule is CCCCCCCCCCCCCCCCCCCC(Cc1ccccc1)C(CCCCCCCCCCCCCCC)[n+]1cc[nH]c1. The van der Waals surface area contributed by atoms with Crippen molar-refractivity contribution in [2.75, 3.05) is 0 Å². The van der Waals surface area contributed by atoms with Gasteiger partial charge >= 0.3 is 0 Å². The van der Waals surface area contributed by atoms with Crippen LogP contribution in [0.1, 0.15) is 231 Å². The molecule has 0 saturated carbocycles. The lowest BCUT2D eigenvalue weighted by Crippen LogP contribution is -2.42. The smallest absolute Gasteiger partial charge is 0.241 e. The first-order chi connectivity index (χ1) is 23.8. The quantitative estimate of drug-likeness (QED) is 0.0553. The van der Waals surface area contributed by atoms with Gasteiger partial charge in [-0.2, -0.15) is 0 Å². The number of nitrogens with one attached hydrogen (secondary N) is 1. The van der Waals surface area contributed by atoms with E-state index in [1.807, 2.05) is 0 Å². The standard InChI is InChI=1S/C46H82N2/c1-3-5-7-9-11-13-15-17-18-19-20-22-23-25-27-29-34-38-45(42-44-36-32-31-33-37-44)46(48-41-40-47-43-48)39-35-30-28-26-24-21-16-14-12-10-8-6-4-2/h31-33,36-37,40-41,43,45-46H,3-30,34-35,38-39,42H2,1-2H3/p+1. The summed E-state index contributed by atoms with van der Waals surface area (Å²) in [7, 11) is 0. The molecule has 2 rings (SSSR count). The minimum absolute atomic E-state index is 0.602. The molecule has 0 saturated heterocycles. The van der Waals surface area contributed by atoms with Gasteiger partial charge in [0, 0.05) is 5.92 Å². The highest BCUT2D eigenvalue weighted by molar-refractivity contribution is 5.15. The fourth-order valence-corrected chi connectivity index (χ4v) is 7.99. The van der Waals surface area contributed by atoms with Crippen molar-refractivity contribution in [1.29, 1.82) is 0 Å².